The summed E-state index contributed by atoms with van der Waals surface area (Å²) in [5.74, 6) is 0.913. The number of rotatable bonds is 4. The lowest BCUT2D eigenvalue weighted by atomic mass is 10.1. The molecule has 1 atom stereocenters. The summed E-state index contributed by atoms with van der Waals surface area (Å²) in [6.45, 7) is 2.53. The van der Waals surface area contributed by atoms with Gasteiger partial charge in [-0.25, -0.2) is 0 Å². The van der Waals surface area contributed by atoms with Crippen molar-refractivity contribution in [2.24, 2.45) is 12.8 Å². The molecule has 1 aromatic carbocycles. The van der Waals surface area contributed by atoms with Crippen LogP contribution in [0.25, 0.3) is 0 Å². The van der Waals surface area contributed by atoms with Gasteiger partial charge in [-0.05, 0) is 12.5 Å². The van der Waals surface area contributed by atoms with Gasteiger partial charge in [-0.1, -0.05) is 42.1 Å². The van der Waals surface area contributed by atoms with Gasteiger partial charge in [0.25, 0.3) is 0 Å². The fourth-order valence-corrected chi connectivity index (χ4v) is 2.56. The summed E-state index contributed by atoms with van der Waals surface area (Å²) >= 11 is 1.65. The molecule has 0 aliphatic heterocycles. The van der Waals surface area contributed by atoms with E-state index in [1.807, 2.05) is 36.7 Å². The fourth-order valence-electron chi connectivity index (χ4n) is 1.54. The van der Waals surface area contributed by atoms with Crippen molar-refractivity contribution in [3.05, 3.63) is 41.7 Å². The van der Waals surface area contributed by atoms with Crippen LogP contribution in [0, 0.1) is 6.92 Å². The van der Waals surface area contributed by atoms with Gasteiger partial charge in [-0.3, -0.25) is 0 Å². The standard InChI is InChI=1S/C12H16N4S/c1-9-14-15-12(16(9)2)17-11(8-13)10-6-4-3-5-7-10/h3-7,11H,8,13H2,1-2H3. The molecular formula is C12H16N4S. The Morgan fingerprint density at radius 3 is 2.53 bits per heavy atom. The zero-order valence-electron chi connectivity index (χ0n) is 10.00. The van der Waals surface area contributed by atoms with E-state index in [0.717, 1.165) is 11.0 Å². The molecule has 0 bridgehead atoms. The van der Waals surface area contributed by atoms with Crippen LogP contribution in [0.5, 0.6) is 0 Å². The molecule has 4 nitrogen and oxygen atoms in total. The Hall–Kier alpha value is -1.33. The monoisotopic (exact) mass is 248 g/mol. The van der Waals surface area contributed by atoms with Gasteiger partial charge >= 0.3 is 0 Å². The van der Waals surface area contributed by atoms with E-state index in [1.54, 1.807) is 11.8 Å². The number of aromatic nitrogens is 3. The van der Waals surface area contributed by atoms with Crippen LogP contribution < -0.4 is 5.73 Å². The highest BCUT2D eigenvalue weighted by Crippen LogP contribution is 2.32. The van der Waals surface area contributed by atoms with E-state index >= 15 is 0 Å². The molecule has 0 spiro atoms. The van der Waals surface area contributed by atoms with Gasteiger partial charge in [0.2, 0.25) is 0 Å². The highest BCUT2D eigenvalue weighted by Gasteiger charge is 2.15. The summed E-state index contributed by atoms with van der Waals surface area (Å²) in [7, 11) is 1.97. The minimum Gasteiger partial charge on any atom is -0.329 e. The predicted octanol–water partition coefficient (Wildman–Crippen LogP) is 1.92. The Bertz CT molecular complexity index is 481. The minimum atomic E-state index is 0.221. The van der Waals surface area contributed by atoms with Crippen LogP contribution >= 0.6 is 11.8 Å². The van der Waals surface area contributed by atoms with E-state index in [4.69, 9.17) is 5.73 Å². The molecule has 0 saturated heterocycles. The van der Waals surface area contributed by atoms with Gasteiger partial charge in [0.15, 0.2) is 5.16 Å². The Morgan fingerprint density at radius 1 is 1.29 bits per heavy atom. The Balaban J connectivity index is 2.19. The van der Waals surface area contributed by atoms with Crippen LogP contribution in [0.1, 0.15) is 16.6 Å². The Labute approximate surface area is 105 Å². The predicted molar refractivity (Wildman–Crippen MR) is 69.8 cm³/mol. The number of nitrogens with zero attached hydrogens (tertiary/aromatic N) is 3. The molecular weight excluding hydrogens is 232 g/mol. The molecule has 2 N–H and O–H groups in total. The molecule has 5 heteroatoms. The van der Waals surface area contributed by atoms with Gasteiger partial charge in [0.1, 0.15) is 5.82 Å². The molecule has 1 aromatic heterocycles. The number of aryl methyl sites for hydroxylation is 1. The number of hydrogen-bond donors (Lipinski definition) is 1. The van der Waals surface area contributed by atoms with E-state index in [9.17, 15) is 0 Å². The van der Waals surface area contributed by atoms with Crippen molar-refractivity contribution in [1.82, 2.24) is 14.8 Å². The van der Waals surface area contributed by atoms with Crippen molar-refractivity contribution in [2.75, 3.05) is 6.54 Å². The van der Waals surface area contributed by atoms with Gasteiger partial charge in [-0.2, -0.15) is 0 Å². The zero-order valence-corrected chi connectivity index (χ0v) is 10.8. The van der Waals surface area contributed by atoms with Gasteiger partial charge in [-0.15, -0.1) is 10.2 Å². The SMILES string of the molecule is Cc1nnc(SC(CN)c2ccccc2)n1C. The third kappa shape index (κ3) is 2.68. The molecule has 0 aliphatic rings. The summed E-state index contributed by atoms with van der Waals surface area (Å²) in [4.78, 5) is 0. The van der Waals surface area contributed by atoms with Crippen LogP contribution in [-0.2, 0) is 7.05 Å². The Morgan fingerprint density at radius 2 is 2.00 bits per heavy atom. The van der Waals surface area contributed by atoms with Crippen LogP contribution in [0.15, 0.2) is 35.5 Å². The van der Waals surface area contributed by atoms with Crippen molar-refractivity contribution in [2.45, 2.75) is 17.3 Å². The molecule has 0 aliphatic carbocycles. The number of thioether (sulfide) groups is 1. The highest BCUT2D eigenvalue weighted by molar-refractivity contribution is 7.99. The molecule has 1 unspecified atom stereocenters. The van der Waals surface area contributed by atoms with Crippen molar-refractivity contribution in [3.8, 4) is 0 Å². The van der Waals surface area contributed by atoms with Crippen molar-refractivity contribution < 1.29 is 0 Å². The van der Waals surface area contributed by atoms with Crippen molar-refractivity contribution in [1.29, 1.82) is 0 Å². The molecule has 0 radical (unpaired) electrons. The van der Waals surface area contributed by atoms with Crippen molar-refractivity contribution >= 4 is 11.8 Å². The number of hydrogen-bond acceptors (Lipinski definition) is 4. The third-order valence-electron chi connectivity index (χ3n) is 2.69. The van der Waals surface area contributed by atoms with E-state index in [-0.39, 0.29) is 5.25 Å². The zero-order chi connectivity index (χ0) is 12.3. The topological polar surface area (TPSA) is 56.7 Å². The minimum absolute atomic E-state index is 0.221. The lowest BCUT2D eigenvalue weighted by Gasteiger charge is -2.13. The first-order valence-electron chi connectivity index (χ1n) is 5.50. The second kappa shape index (κ2) is 5.33. The van der Waals surface area contributed by atoms with Crippen LogP contribution in [0.2, 0.25) is 0 Å². The molecule has 2 aromatic rings. The summed E-state index contributed by atoms with van der Waals surface area (Å²) < 4.78 is 1.98. The molecule has 0 fully saturated rings. The summed E-state index contributed by atoms with van der Waals surface area (Å²) in [6, 6.07) is 10.2. The molecule has 2 rings (SSSR count). The lowest BCUT2D eigenvalue weighted by molar-refractivity contribution is 0.760. The first-order chi connectivity index (χ1) is 8.22. The summed E-state index contributed by atoms with van der Waals surface area (Å²) in [6.07, 6.45) is 0. The Kier molecular flexibility index (Phi) is 3.81. The maximum Gasteiger partial charge on any atom is 0.191 e. The van der Waals surface area contributed by atoms with Gasteiger partial charge in [0.05, 0.1) is 0 Å². The lowest BCUT2D eigenvalue weighted by Crippen LogP contribution is -2.10. The summed E-state index contributed by atoms with van der Waals surface area (Å²) in [5, 5.41) is 9.32. The maximum absolute atomic E-state index is 5.83. The maximum atomic E-state index is 5.83. The normalized spacial score (nSPS) is 12.6. The van der Waals surface area contributed by atoms with E-state index in [1.165, 1.54) is 5.56 Å². The fraction of sp³-hybridized carbons (Fsp3) is 0.333. The quantitative estimate of drug-likeness (QED) is 0.840. The molecule has 1 heterocycles. The smallest absolute Gasteiger partial charge is 0.191 e. The molecule has 0 amide bonds. The number of benzene rings is 1. The van der Waals surface area contributed by atoms with E-state index in [0.29, 0.717) is 6.54 Å². The molecule has 0 saturated carbocycles. The van der Waals surface area contributed by atoms with Crippen LogP contribution in [-0.4, -0.2) is 21.3 Å². The van der Waals surface area contributed by atoms with E-state index < -0.39 is 0 Å². The van der Waals surface area contributed by atoms with Gasteiger partial charge < -0.3 is 10.3 Å². The average molecular weight is 248 g/mol. The second-order valence-electron chi connectivity index (χ2n) is 3.84. The second-order valence-corrected chi connectivity index (χ2v) is 5.01. The van der Waals surface area contributed by atoms with Crippen LogP contribution in [0.4, 0.5) is 0 Å². The molecule has 17 heavy (non-hydrogen) atoms. The van der Waals surface area contributed by atoms with Crippen LogP contribution in [0.3, 0.4) is 0 Å². The number of nitrogens with two attached hydrogens (primary N) is 1. The largest absolute Gasteiger partial charge is 0.329 e. The first-order valence-corrected chi connectivity index (χ1v) is 6.38. The first kappa shape index (κ1) is 12.1. The highest BCUT2D eigenvalue weighted by atomic mass is 32.2. The average Bonchev–Trinajstić information content (AvgIpc) is 2.68. The summed E-state index contributed by atoms with van der Waals surface area (Å²) in [5.41, 5.74) is 7.05. The molecule has 90 valence electrons. The van der Waals surface area contributed by atoms with Crippen molar-refractivity contribution in [3.63, 3.8) is 0 Å². The van der Waals surface area contributed by atoms with E-state index in [2.05, 4.69) is 22.3 Å². The van der Waals surface area contributed by atoms with Gasteiger partial charge in [0, 0.05) is 18.8 Å². The third-order valence-corrected chi connectivity index (χ3v) is 4.00.